The van der Waals surface area contributed by atoms with Crippen molar-refractivity contribution in [3.63, 3.8) is 0 Å². The molecule has 0 saturated heterocycles. The van der Waals surface area contributed by atoms with Gasteiger partial charge in [0.25, 0.3) is 0 Å². The average Bonchev–Trinajstić information content (AvgIpc) is 3.20. The number of rotatable bonds is 6. The average molecular weight is 265 g/mol. The molecule has 104 valence electrons. The van der Waals surface area contributed by atoms with Gasteiger partial charge in [-0.3, -0.25) is 4.79 Å². The van der Waals surface area contributed by atoms with E-state index >= 15 is 0 Å². The third-order valence-corrected chi connectivity index (χ3v) is 3.68. The van der Waals surface area contributed by atoms with Gasteiger partial charge in [-0.1, -0.05) is 18.2 Å². The number of hydrogen-bond donors (Lipinski definition) is 2. The molecule has 0 spiro atoms. The molecule has 0 radical (unpaired) electrons. The molecule has 0 aromatic heterocycles. The molecule has 2 N–H and O–H groups in total. The molecule has 1 unspecified atom stereocenters. The van der Waals surface area contributed by atoms with Crippen molar-refractivity contribution in [2.24, 2.45) is 5.92 Å². The van der Waals surface area contributed by atoms with E-state index in [1.807, 2.05) is 0 Å². The zero-order chi connectivity index (χ0) is 13.9. The molecule has 0 aliphatic heterocycles. The monoisotopic (exact) mass is 265 g/mol. The normalized spacial score (nSPS) is 17.8. The lowest BCUT2D eigenvalue weighted by molar-refractivity contribution is -0.122. The Balaban J connectivity index is 1.74. The summed E-state index contributed by atoms with van der Waals surface area (Å²) < 4.78 is 13.4. The molecule has 19 heavy (non-hydrogen) atoms. The van der Waals surface area contributed by atoms with E-state index in [4.69, 9.17) is 0 Å². The van der Waals surface area contributed by atoms with Crippen LogP contribution < -0.4 is 5.32 Å². The first-order valence-corrected chi connectivity index (χ1v) is 6.71. The Labute approximate surface area is 112 Å². The Morgan fingerprint density at radius 2 is 2.16 bits per heavy atom. The van der Waals surface area contributed by atoms with Crippen LogP contribution in [0, 0.1) is 11.7 Å². The lowest BCUT2D eigenvalue weighted by atomic mass is 10.0. The van der Waals surface area contributed by atoms with Gasteiger partial charge in [-0.25, -0.2) is 4.39 Å². The third kappa shape index (κ3) is 4.03. The number of aryl methyl sites for hydroxylation is 1. The van der Waals surface area contributed by atoms with E-state index in [9.17, 15) is 14.3 Å². The standard InChI is InChI=1S/C15H20FNO2/c1-15(19,12-7-8-12)10-17-14(18)9-6-11-4-2-3-5-13(11)16/h2-5,12,19H,6-10H2,1H3,(H,17,18). The van der Waals surface area contributed by atoms with Crippen LogP contribution >= 0.6 is 0 Å². The van der Waals surface area contributed by atoms with Crippen molar-refractivity contribution in [3.05, 3.63) is 35.6 Å². The summed E-state index contributed by atoms with van der Waals surface area (Å²) in [5.74, 6) is -0.121. The Morgan fingerprint density at radius 3 is 2.79 bits per heavy atom. The fourth-order valence-corrected chi connectivity index (χ4v) is 2.16. The molecule has 4 heteroatoms. The first kappa shape index (κ1) is 14.0. The summed E-state index contributed by atoms with van der Waals surface area (Å²) in [6, 6.07) is 6.47. The molecule has 1 aromatic rings. The summed E-state index contributed by atoms with van der Waals surface area (Å²) in [5, 5.41) is 12.8. The fourth-order valence-electron chi connectivity index (χ4n) is 2.16. The molecule has 3 nitrogen and oxygen atoms in total. The van der Waals surface area contributed by atoms with Crippen LogP contribution in [0.1, 0.15) is 31.7 Å². The van der Waals surface area contributed by atoms with Crippen molar-refractivity contribution in [2.45, 2.75) is 38.2 Å². The Bertz CT molecular complexity index is 455. The maximum atomic E-state index is 13.4. The number of amides is 1. The van der Waals surface area contributed by atoms with Crippen molar-refractivity contribution in [2.75, 3.05) is 6.54 Å². The molecule has 2 rings (SSSR count). The van der Waals surface area contributed by atoms with Crippen LogP contribution in [0.25, 0.3) is 0 Å². The molecule has 1 amide bonds. The number of aliphatic hydroxyl groups is 1. The van der Waals surface area contributed by atoms with E-state index in [0.29, 0.717) is 17.9 Å². The molecule has 1 saturated carbocycles. The zero-order valence-corrected chi connectivity index (χ0v) is 11.2. The highest BCUT2D eigenvalue weighted by molar-refractivity contribution is 5.76. The third-order valence-electron chi connectivity index (χ3n) is 3.68. The van der Waals surface area contributed by atoms with E-state index in [1.54, 1.807) is 25.1 Å². The second-order valence-electron chi connectivity index (χ2n) is 5.50. The maximum Gasteiger partial charge on any atom is 0.220 e. The Hall–Kier alpha value is -1.42. The Morgan fingerprint density at radius 1 is 1.47 bits per heavy atom. The van der Waals surface area contributed by atoms with Gasteiger partial charge >= 0.3 is 0 Å². The zero-order valence-electron chi connectivity index (χ0n) is 11.2. The number of hydrogen-bond acceptors (Lipinski definition) is 2. The van der Waals surface area contributed by atoms with Crippen LogP contribution in [0.2, 0.25) is 0 Å². The molecular formula is C15H20FNO2. The van der Waals surface area contributed by atoms with Gasteiger partial charge in [-0.05, 0) is 43.7 Å². The highest BCUT2D eigenvalue weighted by Crippen LogP contribution is 2.38. The van der Waals surface area contributed by atoms with Crippen molar-refractivity contribution in [1.29, 1.82) is 0 Å². The van der Waals surface area contributed by atoms with Gasteiger partial charge in [0.15, 0.2) is 0 Å². The predicted octanol–water partition coefficient (Wildman–Crippen LogP) is 2.04. The summed E-state index contributed by atoms with van der Waals surface area (Å²) in [6.07, 6.45) is 2.67. The van der Waals surface area contributed by atoms with E-state index in [-0.39, 0.29) is 24.7 Å². The van der Waals surface area contributed by atoms with E-state index in [0.717, 1.165) is 12.8 Å². The fraction of sp³-hybridized carbons (Fsp3) is 0.533. The molecule has 1 aliphatic rings. The number of nitrogens with one attached hydrogen (secondary N) is 1. The highest BCUT2D eigenvalue weighted by Gasteiger charge is 2.39. The minimum Gasteiger partial charge on any atom is -0.388 e. The van der Waals surface area contributed by atoms with Crippen molar-refractivity contribution in [1.82, 2.24) is 5.32 Å². The van der Waals surface area contributed by atoms with E-state index in [2.05, 4.69) is 5.32 Å². The summed E-state index contributed by atoms with van der Waals surface area (Å²) in [6.45, 7) is 2.02. The molecule has 0 heterocycles. The minimum absolute atomic E-state index is 0.149. The largest absolute Gasteiger partial charge is 0.388 e. The topological polar surface area (TPSA) is 49.3 Å². The van der Waals surface area contributed by atoms with Crippen LogP contribution in [0.15, 0.2) is 24.3 Å². The van der Waals surface area contributed by atoms with Crippen molar-refractivity contribution < 1.29 is 14.3 Å². The van der Waals surface area contributed by atoms with Crippen LogP contribution in [-0.4, -0.2) is 23.2 Å². The van der Waals surface area contributed by atoms with Gasteiger partial charge < -0.3 is 10.4 Å². The van der Waals surface area contributed by atoms with Crippen molar-refractivity contribution >= 4 is 5.91 Å². The van der Waals surface area contributed by atoms with Crippen LogP contribution in [0.3, 0.4) is 0 Å². The molecule has 1 atom stereocenters. The van der Waals surface area contributed by atoms with Gasteiger partial charge in [0.1, 0.15) is 5.82 Å². The molecule has 1 aromatic carbocycles. The van der Waals surface area contributed by atoms with Gasteiger partial charge in [0.2, 0.25) is 5.91 Å². The minimum atomic E-state index is -0.812. The molecule has 1 fully saturated rings. The predicted molar refractivity (Wildman–Crippen MR) is 71.1 cm³/mol. The molecule has 0 bridgehead atoms. The lowest BCUT2D eigenvalue weighted by Crippen LogP contribution is -2.42. The Kier molecular flexibility index (Phi) is 4.20. The number of carbonyl (C=O) groups excluding carboxylic acids is 1. The first-order valence-electron chi connectivity index (χ1n) is 6.71. The van der Waals surface area contributed by atoms with E-state index in [1.165, 1.54) is 6.07 Å². The summed E-state index contributed by atoms with van der Waals surface area (Å²) >= 11 is 0. The second kappa shape index (κ2) is 5.70. The smallest absolute Gasteiger partial charge is 0.220 e. The highest BCUT2D eigenvalue weighted by atomic mass is 19.1. The van der Waals surface area contributed by atoms with Gasteiger partial charge in [-0.15, -0.1) is 0 Å². The van der Waals surface area contributed by atoms with Gasteiger partial charge in [-0.2, -0.15) is 0 Å². The van der Waals surface area contributed by atoms with Crippen LogP contribution in [0.5, 0.6) is 0 Å². The van der Waals surface area contributed by atoms with Crippen molar-refractivity contribution in [3.8, 4) is 0 Å². The van der Waals surface area contributed by atoms with Gasteiger partial charge in [0.05, 0.1) is 5.60 Å². The number of benzene rings is 1. The SMILES string of the molecule is CC(O)(CNC(=O)CCc1ccccc1F)C1CC1. The molecule has 1 aliphatic carbocycles. The number of carbonyl (C=O) groups is 1. The van der Waals surface area contributed by atoms with Crippen LogP contribution in [0.4, 0.5) is 4.39 Å². The second-order valence-corrected chi connectivity index (χ2v) is 5.50. The number of halogens is 1. The maximum absolute atomic E-state index is 13.4. The van der Waals surface area contributed by atoms with Crippen LogP contribution in [-0.2, 0) is 11.2 Å². The quantitative estimate of drug-likeness (QED) is 0.827. The summed E-state index contributed by atoms with van der Waals surface area (Å²) in [7, 11) is 0. The van der Waals surface area contributed by atoms with Gasteiger partial charge in [0, 0.05) is 13.0 Å². The lowest BCUT2D eigenvalue weighted by Gasteiger charge is -2.23. The molecular weight excluding hydrogens is 245 g/mol. The van der Waals surface area contributed by atoms with E-state index < -0.39 is 5.60 Å². The summed E-state index contributed by atoms with van der Waals surface area (Å²) in [5.41, 5.74) is -0.264. The first-order chi connectivity index (χ1) is 8.99. The summed E-state index contributed by atoms with van der Waals surface area (Å²) in [4.78, 5) is 11.7.